The normalized spacial score (nSPS) is 16.7. The molecular weight excluding hydrogens is 280 g/mol. The third-order valence-electron chi connectivity index (χ3n) is 3.75. The van der Waals surface area contributed by atoms with Gasteiger partial charge in [-0.15, -0.1) is 5.10 Å². The summed E-state index contributed by atoms with van der Waals surface area (Å²) < 4.78 is 12.6. The van der Waals surface area contributed by atoms with E-state index in [-0.39, 0.29) is 6.10 Å². The van der Waals surface area contributed by atoms with Gasteiger partial charge < -0.3 is 9.47 Å². The molecule has 0 saturated heterocycles. The van der Waals surface area contributed by atoms with Crippen molar-refractivity contribution >= 4 is 5.78 Å². The third-order valence-corrected chi connectivity index (χ3v) is 3.75. The quantitative estimate of drug-likeness (QED) is 0.742. The van der Waals surface area contributed by atoms with Gasteiger partial charge in [-0.3, -0.25) is 0 Å². The molecule has 0 fully saturated rings. The van der Waals surface area contributed by atoms with E-state index in [0.29, 0.717) is 18.2 Å². The van der Waals surface area contributed by atoms with Gasteiger partial charge in [-0.1, -0.05) is 0 Å². The van der Waals surface area contributed by atoms with Crippen molar-refractivity contribution < 1.29 is 9.47 Å². The minimum absolute atomic E-state index is 0.238. The molecule has 0 N–H and O–H groups in total. The van der Waals surface area contributed by atoms with Crippen molar-refractivity contribution in [3.05, 3.63) is 41.9 Å². The van der Waals surface area contributed by atoms with E-state index in [4.69, 9.17) is 9.47 Å². The summed E-state index contributed by atoms with van der Waals surface area (Å²) in [6.45, 7) is 2.46. The average molecular weight is 296 g/mol. The summed E-state index contributed by atoms with van der Waals surface area (Å²) in [6, 6.07) is 8.17. The molecule has 4 rings (SSSR count). The number of methoxy groups -OCH3 is 1. The Morgan fingerprint density at radius 3 is 3.14 bits per heavy atom. The minimum atomic E-state index is 0.238. The molecule has 22 heavy (non-hydrogen) atoms. The Kier molecular flexibility index (Phi) is 3.04. The number of ether oxygens (including phenoxy) is 2. The Morgan fingerprint density at radius 1 is 1.36 bits per heavy atom. The maximum Gasteiger partial charge on any atom is 0.253 e. The lowest BCUT2D eigenvalue weighted by atomic mass is 10.0. The topological polar surface area (TPSA) is 61.5 Å². The van der Waals surface area contributed by atoms with E-state index in [1.54, 1.807) is 17.8 Å². The summed E-state index contributed by atoms with van der Waals surface area (Å²) in [6.07, 6.45) is 2.92. The van der Waals surface area contributed by atoms with Gasteiger partial charge in [0, 0.05) is 25.3 Å². The van der Waals surface area contributed by atoms with Gasteiger partial charge in [-0.05, 0) is 36.8 Å². The van der Waals surface area contributed by atoms with Gasteiger partial charge in [0.05, 0.1) is 5.69 Å². The highest BCUT2D eigenvalue weighted by Crippen LogP contribution is 2.32. The first-order valence-electron chi connectivity index (χ1n) is 7.24. The van der Waals surface area contributed by atoms with E-state index in [2.05, 4.69) is 28.1 Å². The van der Waals surface area contributed by atoms with Gasteiger partial charge >= 0.3 is 0 Å². The molecule has 1 aromatic carbocycles. The number of nitrogens with zero attached hydrogens (tertiary/aromatic N) is 4. The van der Waals surface area contributed by atoms with Gasteiger partial charge in [-0.25, -0.2) is 4.98 Å². The van der Waals surface area contributed by atoms with Crippen LogP contribution < -0.4 is 4.74 Å². The molecule has 0 amide bonds. The molecule has 1 aliphatic heterocycles. The summed E-state index contributed by atoms with van der Waals surface area (Å²) in [5.41, 5.74) is 3.27. The van der Waals surface area contributed by atoms with E-state index in [9.17, 15) is 0 Å². The van der Waals surface area contributed by atoms with Crippen LogP contribution in [-0.4, -0.2) is 32.8 Å². The first kappa shape index (κ1) is 13.2. The van der Waals surface area contributed by atoms with Gasteiger partial charge in [-0.2, -0.15) is 9.50 Å². The third kappa shape index (κ3) is 2.12. The zero-order chi connectivity index (χ0) is 15.1. The van der Waals surface area contributed by atoms with Gasteiger partial charge in [0.15, 0.2) is 5.82 Å². The number of benzene rings is 1. The van der Waals surface area contributed by atoms with Crippen LogP contribution in [0.1, 0.15) is 18.3 Å². The van der Waals surface area contributed by atoms with Crippen molar-refractivity contribution in [2.24, 2.45) is 0 Å². The highest BCUT2D eigenvalue weighted by Gasteiger charge is 2.20. The Labute approximate surface area is 127 Å². The fourth-order valence-corrected chi connectivity index (χ4v) is 2.83. The molecule has 0 unspecified atom stereocenters. The SMILES string of the molecule is COCc1nc2nccc(-c3ccc4c(c3)C[C@H](C)O4)n2n1. The molecule has 0 saturated carbocycles. The molecule has 6 heteroatoms. The first-order chi connectivity index (χ1) is 10.7. The van der Waals surface area contributed by atoms with E-state index in [1.165, 1.54) is 5.56 Å². The van der Waals surface area contributed by atoms with Crippen molar-refractivity contribution in [3.63, 3.8) is 0 Å². The second kappa shape index (κ2) is 5.06. The maximum atomic E-state index is 5.76. The molecule has 0 aliphatic carbocycles. The summed E-state index contributed by atoms with van der Waals surface area (Å²) in [5, 5.41) is 4.47. The zero-order valence-electron chi connectivity index (χ0n) is 12.5. The van der Waals surface area contributed by atoms with Crippen LogP contribution in [0.5, 0.6) is 5.75 Å². The molecule has 6 nitrogen and oxygen atoms in total. The van der Waals surface area contributed by atoms with Crippen LogP contribution in [0.4, 0.5) is 0 Å². The molecule has 3 aromatic rings. The Morgan fingerprint density at radius 2 is 2.27 bits per heavy atom. The molecule has 1 atom stereocenters. The number of rotatable bonds is 3. The lowest BCUT2D eigenvalue weighted by molar-refractivity contribution is 0.178. The standard InChI is InChI=1S/C16H16N4O2/c1-10-7-12-8-11(3-4-14(12)22-10)13-5-6-17-16-18-15(9-21-2)19-20(13)16/h3-6,8,10H,7,9H2,1-2H3/t10-/m0/s1. The largest absolute Gasteiger partial charge is 0.490 e. The smallest absolute Gasteiger partial charge is 0.253 e. The van der Waals surface area contributed by atoms with E-state index in [1.807, 2.05) is 18.2 Å². The van der Waals surface area contributed by atoms with Crippen LogP contribution in [0, 0.1) is 0 Å². The number of fused-ring (bicyclic) bond motifs is 2. The number of hydrogen-bond donors (Lipinski definition) is 0. The maximum absolute atomic E-state index is 5.76. The van der Waals surface area contributed by atoms with Gasteiger partial charge in [0.2, 0.25) is 0 Å². The average Bonchev–Trinajstić information content (AvgIpc) is 3.07. The summed E-state index contributed by atoms with van der Waals surface area (Å²) in [7, 11) is 1.63. The lowest BCUT2D eigenvalue weighted by Gasteiger charge is -2.06. The molecule has 0 radical (unpaired) electrons. The minimum Gasteiger partial charge on any atom is -0.490 e. The number of hydrogen-bond acceptors (Lipinski definition) is 5. The predicted octanol–water partition coefficient (Wildman–Crippen LogP) is 2.26. The molecule has 0 bridgehead atoms. The highest BCUT2D eigenvalue weighted by atomic mass is 16.5. The molecule has 2 aromatic heterocycles. The first-order valence-corrected chi connectivity index (χ1v) is 7.24. The van der Waals surface area contributed by atoms with Crippen LogP contribution in [0.25, 0.3) is 17.0 Å². The summed E-state index contributed by atoms with van der Waals surface area (Å²) in [5.74, 6) is 2.18. The molecule has 0 spiro atoms. The van der Waals surface area contributed by atoms with Gasteiger partial charge in [0.25, 0.3) is 5.78 Å². The Bertz CT molecular complexity index is 843. The number of aromatic nitrogens is 4. The van der Waals surface area contributed by atoms with E-state index >= 15 is 0 Å². The molecule has 3 heterocycles. The fourth-order valence-electron chi connectivity index (χ4n) is 2.83. The Balaban J connectivity index is 1.82. The zero-order valence-corrected chi connectivity index (χ0v) is 12.5. The summed E-state index contributed by atoms with van der Waals surface area (Å²) in [4.78, 5) is 8.63. The van der Waals surface area contributed by atoms with Crippen molar-refractivity contribution in [1.29, 1.82) is 0 Å². The second-order valence-corrected chi connectivity index (χ2v) is 5.46. The second-order valence-electron chi connectivity index (χ2n) is 5.46. The van der Waals surface area contributed by atoms with Crippen molar-refractivity contribution in [2.45, 2.75) is 26.1 Å². The highest BCUT2D eigenvalue weighted by molar-refractivity contribution is 5.64. The van der Waals surface area contributed by atoms with Crippen molar-refractivity contribution in [3.8, 4) is 17.0 Å². The lowest BCUT2D eigenvalue weighted by Crippen LogP contribution is -2.05. The molecule has 1 aliphatic rings. The predicted molar refractivity (Wildman–Crippen MR) is 80.7 cm³/mol. The van der Waals surface area contributed by atoms with E-state index < -0.39 is 0 Å². The van der Waals surface area contributed by atoms with Crippen LogP contribution in [-0.2, 0) is 17.8 Å². The van der Waals surface area contributed by atoms with Crippen LogP contribution in [0.2, 0.25) is 0 Å². The van der Waals surface area contributed by atoms with Crippen LogP contribution in [0.3, 0.4) is 0 Å². The van der Waals surface area contributed by atoms with Gasteiger partial charge in [0.1, 0.15) is 18.5 Å². The Hall–Kier alpha value is -2.47. The monoisotopic (exact) mass is 296 g/mol. The van der Waals surface area contributed by atoms with Crippen molar-refractivity contribution in [2.75, 3.05) is 7.11 Å². The summed E-state index contributed by atoms with van der Waals surface area (Å²) >= 11 is 0. The van der Waals surface area contributed by atoms with Crippen molar-refractivity contribution in [1.82, 2.24) is 19.6 Å². The van der Waals surface area contributed by atoms with E-state index in [0.717, 1.165) is 23.4 Å². The van der Waals surface area contributed by atoms with Crippen LogP contribution >= 0.6 is 0 Å². The molecule has 112 valence electrons. The fraction of sp³-hybridized carbons (Fsp3) is 0.312. The molecular formula is C16H16N4O2. The van der Waals surface area contributed by atoms with Crippen LogP contribution in [0.15, 0.2) is 30.5 Å².